The average molecular weight is 359 g/mol. The zero-order chi connectivity index (χ0) is 17.6. The molecule has 1 saturated heterocycles. The number of nitrogens with zero attached hydrogens (tertiary/aromatic N) is 2. The van der Waals surface area contributed by atoms with Crippen molar-refractivity contribution in [2.75, 3.05) is 32.7 Å². The fraction of sp³-hybridized carbons (Fsp3) is 1.00. The van der Waals surface area contributed by atoms with Gasteiger partial charge < -0.3 is 0 Å². The van der Waals surface area contributed by atoms with Crippen LogP contribution in [-0.2, 0) is 10.0 Å². The van der Waals surface area contributed by atoms with Crippen LogP contribution in [0.25, 0.3) is 0 Å². The normalized spacial score (nSPS) is 21.9. The van der Waals surface area contributed by atoms with Crippen LogP contribution in [0.15, 0.2) is 0 Å². The van der Waals surface area contributed by atoms with Gasteiger partial charge in [0.05, 0.1) is 13.1 Å². The first-order valence-corrected chi connectivity index (χ1v) is 7.78. The van der Waals surface area contributed by atoms with Gasteiger partial charge in [-0.1, -0.05) is 0 Å². The van der Waals surface area contributed by atoms with Gasteiger partial charge >= 0.3 is 17.1 Å². The summed E-state index contributed by atoms with van der Waals surface area (Å²) in [5, 5.41) is 3.85. The standard InChI is InChI=1S/C10H17F6N2O3S/c1-3-18(19)6-4-17(5-7-18)22(20,21)10(15,16)9(13,14)8(2,11)12/h19H,3-7H2,1-2H3/q+1. The second kappa shape index (κ2) is 5.49. The van der Waals surface area contributed by atoms with Crippen LogP contribution in [0.5, 0.6) is 0 Å². The van der Waals surface area contributed by atoms with Crippen molar-refractivity contribution in [3.05, 3.63) is 0 Å². The second-order valence-electron chi connectivity index (χ2n) is 5.24. The molecule has 1 rings (SSSR count). The quantitative estimate of drug-likeness (QED) is 0.601. The van der Waals surface area contributed by atoms with E-state index in [1.165, 1.54) is 0 Å². The fourth-order valence-corrected chi connectivity index (χ4v) is 3.43. The number of sulfonamides is 1. The molecule has 0 bridgehead atoms. The van der Waals surface area contributed by atoms with Crippen molar-refractivity contribution >= 4 is 10.0 Å². The number of halogens is 6. The highest BCUT2D eigenvalue weighted by Crippen LogP contribution is 2.49. The summed E-state index contributed by atoms with van der Waals surface area (Å²) in [7, 11) is -6.01. The highest BCUT2D eigenvalue weighted by atomic mass is 32.2. The van der Waals surface area contributed by atoms with E-state index in [4.69, 9.17) is 0 Å². The monoisotopic (exact) mass is 359 g/mol. The molecule has 0 aliphatic carbocycles. The lowest BCUT2D eigenvalue weighted by Gasteiger charge is -2.39. The third kappa shape index (κ3) is 2.93. The highest BCUT2D eigenvalue weighted by Gasteiger charge is 2.76. The second-order valence-corrected chi connectivity index (χ2v) is 7.22. The van der Waals surface area contributed by atoms with Crippen LogP contribution in [0.4, 0.5) is 26.3 Å². The van der Waals surface area contributed by atoms with Crippen molar-refractivity contribution < 1.29 is 44.6 Å². The van der Waals surface area contributed by atoms with Gasteiger partial charge in [0.2, 0.25) is 0 Å². The molecule has 0 spiro atoms. The maximum atomic E-state index is 13.6. The molecule has 0 saturated carbocycles. The molecule has 1 aliphatic rings. The van der Waals surface area contributed by atoms with E-state index < -0.39 is 51.8 Å². The minimum absolute atomic E-state index is 0.00896. The average Bonchev–Trinajstić information content (AvgIpc) is 2.37. The van der Waals surface area contributed by atoms with E-state index in [1.807, 2.05) is 0 Å². The summed E-state index contributed by atoms with van der Waals surface area (Å²) in [6.07, 6.45) is 0. The summed E-state index contributed by atoms with van der Waals surface area (Å²) in [4.78, 5) is 0. The van der Waals surface area contributed by atoms with Crippen LogP contribution >= 0.6 is 0 Å². The summed E-state index contributed by atoms with van der Waals surface area (Å²) in [6.45, 7) is -0.710. The maximum Gasteiger partial charge on any atom is 0.427 e. The van der Waals surface area contributed by atoms with Crippen molar-refractivity contribution in [3.63, 3.8) is 0 Å². The molecular formula is C10H17F6N2O3S+. The first kappa shape index (κ1) is 19.5. The molecule has 22 heavy (non-hydrogen) atoms. The van der Waals surface area contributed by atoms with Crippen molar-refractivity contribution in [3.8, 4) is 0 Å². The lowest BCUT2D eigenvalue weighted by molar-refractivity contribution is -1.10. The SMILES string of the molecule is CC[N+]1(O)CCN(S(=O)(=O)C(F)(F)C(F)(F)C(C)(F)F)CC1. The van der Waals surface area contributed by atoms with Crippen molar-refractivity contribution in [2.45, 2.75) is 30.9 Å². The molecule has 1 heterocycles. The minimum Gasteiger partial charge on any atom is -0.217 e. The first-order valence-electron chi connectivity index (χ1n) is 6.34. The Hall–Kier alpha value is -0.590. The number of piperazine rings is 1. The van der Waals surface area contributed by atoms with E-state index in [0.717, 1.165) is 0 Å². The van der Waals surface area contributed by atoms with Gasteiger partial charge in [-0.3, -0.25) is 0 Å². The molecule has 0 aromatic heterocycles. The lowest BCUT2D eigenvalue weighted by atomic mass is 10.2. The van der Waals surface area contributed by atoms with E-state index in [0.29, 0.717) is 0 Å². The Morgan fingerprint density at radius 3 is 1.82 bits per heavy atom. The van der Waals surface area contributed by atoms with Crippen molar-refractivity contribution in [2.24, 2.45) is 0 Å². The van der Waals surface area contributed by atoms with Crippen LogP contribution < -0.4 is 0 Å². The number of hydroxylamine groups is 3. The zero-order valence-electron chi connectivity index (χ0n) is 11.9. The van der Waals surface area contributed by atoms with E-state index in [2.05, 4.69) is 0 Å². The Bertz CT molecular complexity index is 511. The Balaban J connectivity index is 3.10. The van der Waals surface area contributed by atoms with Crippen LogP contribution in [0.3, 0.4) is 0 Å². The molecular weight excluding hydrogens is 342 g/mol. The van der Waals surface area contributed by atoms with Gasteiger partial charge in [0, 0.05) is 6.92 Å². The van der Waals surface area contributed by atoms with E-state index in [-0.39, 0.29) is 23.9 Å². The summed E-state index contributed by atoms with van der Waals surface area (Å²) in [6, 6.07) is 0. The summed E-state index contributed by atoms with van der Waals surface area (Å²) in [5.74, 6) is -11.3. The van der Waals surface area contributed by atoms with Gasteiger partial charge in [-0.05, 0) is 6.92 Å². The predicted octanol–water partition coefficient (Wildman–Crippen LogP) is 1.74. The molecule has 1 aliphatic heterocycles. The molecule has 0 atom stereocenters. The third-order valence-electron chi connectivity index (χ3n) is 3.70. The molecule has 1 fully saturated rings. The molecule has 1 N–H and O–H groups in total. The molecule has 0 radical (unpaired) electrons. The van der Waals surface area contributed by atoms with E-state index >= 15 is 0 Å². The van der Waals surface area contributed by atoms with Crippen molar-refractivity contribution in [1.82, 2.24) is 4.31 Å². The molecule has 0 aromatic carbocycles. The molecule has 5 nitrogen and oxygen atoms in total. The smallest absolute Gasteiger partial charge is 0.217 e. The molecule has 0 aromatic rings. The van der Waals surface area contributed by atoms with Gasteiger partial charge in [-0.25, -0.2) is 13.6 Å². The number of alkyl halides is 6. The number of likely N-dealkylation sites (N-methyl/N-ethyl adjacent to an activating group) is 1. The van der Waals surface area contributed by atoms with Crippen LogP contribution in [-0.4, -0.2) is 72.4 Å². The predicted molar refractivity (Wildman–Crippen MR) is 63.3 cm³/mol. The lowest BCUT2D eigenvalue weighted by Crippen LogP contribution is -2.64. The maximum absolute atomic E-state index is 13.6. The Labute approximate surface area is 123 Å². The Kier molecular flexibility index (Phi) is 4.86. The Morgan fingerprint density at radius 1 is 1.09 bits per heavy atom. The van der Waals surface area contributed by atoms with Crippen LogP contribution in [0, 0.1) is 0 Å². The Morgan fingerprint density at radius 2 is 1.50 bits per heavy atom. The highest BCUT2D eigenvalue weighted by molar-refractivity contribution is 7.90. The molecule has 132 valence electrons. The molecule has 0 amide bonds. The van der Waals surface area contributed by atoms with E-state index in [1.54, 1.807) is 6.92 Å². The summed E-state index contributed by atoms with van der Waals surface area (Å²) >= 11 is 0. The van der Waals surface area contributed by atoms with Crippen LogP contribution in [0.1, 0.15) is 13.8 Å². The van der Waals surface area contributed by atoms with Crippen molar-refractivity contribution in [1.29, 1.82) is 0 Å². The fourth-order valence-electron chi connectivity index (χ4n) is 1.96. The topological polar surface area (TPSA) is 57.6 Å². The van der Waals surface area contributed by atoms with Gasteiger partial charge in [-0.15, -0.1) is 0 Å². The number of hydrogen-bond donors (Lipinski definition) is 1. The molecule has 0 unspecified atom stereocenters. The largest absolute Gasteiger partial charge is 0.427 e. The number of rotatable bonds is 5. The number of quaternary nitrogens is 1. The first-order chi connectivity index (χ1) is 9.62. The van der Waals surface area contributed by atoms with Gasteiger partial charge in [0.1, 0.15) is 19.6 Å². The summed E-state index contributed by atoms with van der Waals surface area (Å²) in [5.41, 5.74) is 0. The van der Waals surface area contributed by atoms with Gasteiger partial charge in [-0.2, -0.15) is 35.3 Å². The van der Waals surface area contributed by atoms with E-state index in [9.17, 15) is 40.0 Å². The van der Waals surface area contributed by atoms with Gasteiger partial charge in [0.25, 0.3) is 10.0 Å². The number of hydrogen-bond acceptors (Lipinski definition) is 3. The minimum atomic E-state index is -6.06. The molecule has 12 heteroatoms. The zero-order valence-corrected chi connectivity index (χ0v) is 12.7. The van der Waals surface area contributed by atoms with Gasteiger partial charge in [0.15, 0.2) is 0 Å². The summed E-state index contributed by atoms with van der Waals surface area (Å²) < 4.78 is 102. The third-order valence-corrected chi connectivity index (χ3v) is 5.65. The van der Waals surface area contributed by atoms with Crippen LogP contribution in [0.2, 0.25) is 0 Å².